The van der Waals surface area contributed by atoms with E-state index in [0.29, 0.717) is 6.61 Å². The summed E-state index contributed by atoms with van der Waals surface area (Å²) in [4.78, 5) is 0. The van der Waals surface area contributed by atoms with Crippen LogP contribution in [0.5, 0.6) is 11.5 Å². The minimum Gasteiger partial charge on any atom is -0.494 e. The summed E-state index contributed by atoms with van der Waals surface area (Å²) >= 11 is 3.48. The number of benzene rings is 2. The highest BCUT2D eigenvalue weighted by Crippen LogP contribution is 2.23. The zero-order valence-electron chi connectivity index (χ0n) is 11.4. The third-order valence-corrected chi connectivity index (χ3v) is 3.51. The highest BCUT2D eigenvalue weighted by Gasteiger charge is 2.02. The first kappa shape index (κ1) is 14.7. The van der Waals surface area contributed by atoms with Crippen molar-refractivity contribution in [2.75, 3.05) is 12.3 Å². The fourth-order valence-electron chi connectivity index (χ4n) is 1.69. The van der Waals surface area contributed by atoms with E-state index in [4.69, 9.17) is 15.2 Å². The molecule has 0 unspecified atom stereocenters. The second-order valence-corrected chi connectivity index (χ2v) is 5.31. The molecule has 4 heteroatoms. The SMILES string of the molecule is CCCOc1ccc(OCc2ccc(N)cc2Br)cc1. The van der Waals surface area contributed by atoms with Crippen molar-refractivity contribution in [3.05, 3.63) is 52.5 Å². The first-order valence-electron chi connectivity index (χ1n) is 6.58. The van der Waals surface area contributed by atoms with Gasteiger partial charge in [0, 0.05) is 15.7 Å². The van der Waals surface area contributed by atoms with E-state index in [1.165, 1.54) is 0 Å². The number of halogens is 1. The number of rotatable bonds is 6. The molecule has 0 saturated heterocycles. The molecule has 20 heavy (non-hydrogen) atoms. The second kappa shape index (κ2) is 7.20. The van der Waals surface area contributed by atoms with Crippen LogP contribution in [0.2, 0.25) is 0 Å². The van der Waals surface area contributed by atoms with Gasteiger partial charge < -0.3 is 15.2 Å². The molecule has 0 bridgehead atoms. The molecule has 2 aromatic rings. The molecular weight excluding hydrogens is 318 g/mol. The molecule has 0 aliphatic rings. The van der Waals surface area contributed by atoms with Crippen LogP contribution in [0.25, 0.3) is 0 Å². The molecule has 0 saturated carbocycles. The van der Waals surface area contributed by atoms with Gasteiger partial charge in [0.05, 0.1) is 6.61 Å². The lowest BCUT2D eigenvalue weighted by Crippen LogP contribution is -1.98. The minimum absolute atomic E-state index is 0.496. The molecule has 0 aromatic heterocycles. The maximum absolute atomic E-state index is 5.75. The van der Waals surface area contributed by atoms with Gasteiger partial charge in [-0.1, -0.05) is 28.9 Å². The van der Waals surface area contributed by atoms with Crippen molar-refractivity contribution in [2.45, 2.75) is 20.0 Å². The van der Waals surface area contributed by atoms with Gasteiger partial charge in [0.25, 0.3) is 0 Å². The number of ether oxygens (including phenoxy) is 2. The Kier molecular flexibility index (Phi) is 5.30. The van der Waals surface area contributed by atoms with Crippen molar-refractivity contribution < 1.29 is 9.47 Å². The molecule has 0 spiro atoms. The van der Waals surface area contributed by atoms with Crippen LogP contribution in [0.4, 0.5) is 5.69 Å². The first-order valence-corrected chi connectivity index (χ1v) is 7.38. The number of hydrogen-bond donors (Lipinski definition) is 1. The molecule has 0 heterocycles. The quantitative estimate of drug-likeness (QED) is 0.795. The van der Waals surface area contributed by atoms with E-state index in [0.717, 1.165) is 40.3 Å². The van der Waals surface area contributed by atoms with Gasteiger partial charge in [-0.25, -0.2) is 0 Å². The van der Waals surface area contributed by atoms with Crippen LogP contribution in [-0.2, 0) is 6.61 Å². The van der Waals surface area contributed by atoms with E-state index in [1.807, 2.05) is 42.5 Å². The van der Waals surface area contributed by atoms with E-state index in [1.54, 1.807) is 0 Å². The van der Waals surface area contributed by atoms with Crippen LogP contribution >= 0.6 is 15.9 Å². The second-order valence-electron chi connectivity index (χ2n) is 4.46. The molecular formula is C16H18BrNO2. The summed E-state index contributed by atoms with van der Waals surface area (Å²) in [5, 5.41) is 0. The fraction of sp³-hybridized carbons (Fsp3) is 0.250. The van der Waals surface area contributed by atoms with E-state index >= 15 is 0 Å². The van der Waals surface area contributed by atoms with Crippen LogP contribution in [-0.4, -0.2) is 6.61 Å². The first-order chi connectivity index (χ1) is 9.69. The van der Waals surface area contributed by atoms with Crippen molar-refractivity contribution in [3.63, 3.8) is 0 Å². The number of anilines is 1. The Hall–Kier alpha value is -1.68. The molecule has 0 atom stereocenters. The average molecular weight is 336 g/mol. The molecule has 3 nitrogen and oxygen atoms in total. The third-order valence-electron chi connectivity index (χ3n) is 2.77. The summed E-state index contributed by atoms with van der Waals surface area (Å²) in [6.07, 6.45) is 1.00. The molecule has 0 fully saturated rings. The van der Waals surface area contributed by atoms with Crippen LogP contribution in [0.15, 0.2) is 46.9 Å². The van der Waals surface area contributed by atoms with Crippen LogP contribution in [0.3, 0.4) is 0 Å². The smallest absolute Gasteiger partial charge is 0.120 e. The van der Waals surface area contributed by atoms with Gasteiger partial charge in [-0.05, 0) is 42.8 Å². The van der Waals surface area contributed by atoms with Gasteiger partial charge in [0.1, 0.15) is 18.1 Å². The molecule has 0 aliphatic carbocycles. The average Bonchev–Trinajstić information content (AvgIpc) is 2.45. The molecule has 2 rings (SSSR count). The molecule has 2 aromatic carbocycles. The maximum atomic E-state index is 5.75. The largest absolute Gasteiger partial charge is 0.494 e. The molecule has 0 radical (unpaired) electrons. The molecule has 0 amide bonds. The minimum atomic E-state index is 0.496. The van der Waals surface area contributed by atoms with Gasteiger partial charge >= 0.3 is 0 Å². The van der Waals surface area contributed by atoms with E-state index in [-0.39, 0.29) is 0 Å². The summed E-state index contributed by atoms with van der Waals surface area (Å²) < 4.78 is 12.2. The monoisotopic (exact) mass is 335 g/mol. The van der Waals surface area contributed by atoms with Gasteiger partial charge in [-0.2, -0.15) is 0 Å². The predicted molar refractivity (Wildman–Crippen MR) is 85.1 cm³/mol. The number of hydrogen-bond acceptors (Lipinski definition) is 3. The van der Waals surface area contributed by atoms with Crippen molar-refractivity contribution >= 4 is 21.6 Å². The predicted octanol–water partition coefficient (Wildman–Crippen LogP) is 4.40. The Balaban J connectivity index is 1.93. The molecule has 0 aliphatic heterocycles. The summed E-state index contributed by atoms with van der Waals surface area (Å²) in [5.74, 6) is 1.69. The van der Waals surface area contributed by atoms with E-state index in [2.05, 4.69) is 22.9 Å². The van der Waals surface area contributed by atoms with Crippen LogP contribution in [0, 0.1) is 0 Å². The summed E-state index contributed by atoms with van der Waals surface area (Å²) in [6.45, 7) is 3.32. The van der Waals surface area contributed by atoms with Gasteiger partial charge in [0.2, 0.25) is 0 Å². The molecule has 106 valence electrons. The highest BCUT2D eigenvalue weighted by atomic mass is 79.9. The highest BCUT2D eigenvalue weighted by molar-refractivity contribution is 9.10. The summed E-state index contributed by atoms with van der Waals surface area (Å²) in [6, 6.07) is 13.4. The maximum Gasteiger partial charge on any atom is 0.120 e. The van der Waals surface area contributed by atoms with Gasteiger partial charge in [0.15, 0.2) is 0 Å². The standard InChI is InChI=1S/C16H18BrNO2/c1-2-9-19-14-5-7-15(8-6-14)20-11-12-3-4-13(18)10-16(12)17/h3-8,10H,2,9,11,18H2,1H3. The van der Waals surface area contributed by atoms with Crippen LogP contribution in [0.1, 0.15) is 18.9 Å². The normalized spacial score (nSPS) is 10.3. The van der Waals surface area contributed by atoms with Crippen molar-refractivity contribution in [3.8, 4) is 11.5 Å². The van der Waals surface area contributed by atoms with Crippen molar-refractivity contribution in [1.29, 1.82) is 0 Å². The fourth-order valence-corrected chi connectivity index (χ4v) is 2.20. The zero-order chi connectivity index (χ0) is 14.4. The molecule has 2 N–H and O–H groups in total. The van der Waals surface area contributed by atoms with Crippen molar-refractivity contribution in [2.24, 2.45) is 0 Å². The summed E-state index contributed by atoms with van der Waals surface area (Å²) in [7, 11) is 0. The number of nitrogen functional groups attached to an aromatic ring is 1. The third kappa shape index (κ3) is 4.17. The Bertz CT molecular complexity index is 555. The Morgan fingerprint density at radius 2 is 1.65 bits per heavy atom. The van der Waals surface area contributed by atoms with Gasteiger partial charge in [-0.15, -0.1) is 0 Å². The summed E-state index contributed by atoms with van der Waals surface area (Å²) in [5.41, 5.74) is 7.50. The lowest BCUT2D eigenvalue weighted by atomic mass is 10.2. The van der Waals surface area contributed by atoms with Crippen molar-refractivity contribution in [1.82, 2.24) is 0 Å². The van der Waals surface area contributed by atoms with Crippen LogP contribution < -0.4 is 15.2 Å². The topological polar surface area (TPSA) is 44.5 Å². The Morgan fingerprint density at radius 1 is 1.00 bits per heavy atom. The Labute approximate surface area is 127 Å². The zero-order valence-corrected chi connectivity index (χ0v) is 13.0. The lowest BCUT2D eigenvalue weighted by Gasteiger charge is -2.09. The lowest BCUT2D eigenvalue weighted by molar-refractivity contribution is 0.301. The number of nitrogens with two attached hydrogens (primary N) is 1. The van der Waals surface area contributed by atoms with E-state index in [9.17, 15) is 0 Å². The van der Waals surface area contributed by atoms with E-state index < -0.39 is 0 Å². The Morgan fingerprint density at radius 3 is 2.25 bits per heavy atom. The van der Waals surface area contributed by atoms with Gasteiger partial charge in [-0.3, -0.25) is 0 Å².